The lowest BCUT2D eigenvalue weighted by atomic mass is 10.1. The number of anilines is 1. The number of nitrogens with zero attached hydrogens (tertiary/aromatic N) is 2. The summed E-state index contributed by atoms with van der Waals surface area (Å²) in [6, 6.07) is 19.3. The van der Waals surface area contributed by atoms with Crippen molar-refractivity contribution in [2.45, 2.75) is 45.2 Å². The molecule has 10 heteroatoms. The van der Waals surface area contributed by atoms with Crippen LogP contribution >= 0.6 is 0 Å². The summed E-state index contributed by atoms with van der Waals surface area (Å²) in [4.78, 5) is 28.6. The largest absolute Gasteiger partial charge is 0.497 e. The standard InChI is InChI=1S/C31H39N3O6S/c1-22(2)19-32-31(36)24(4)33(20-25-12-8-7-11-23(25)3)30(35)21-34(28-13-9-10-14-29(28)40-6)41(37,38)27-17-15-26(39-5)16-18-27/h7-18,22,24H,19-21H2,1-6H3,(H,32,36)/t24-/m1/s1. The van der Waals surface area contributed by atoms with Crippen LogP contribution in [0.3, 0.4) is 0 Å². The molecule has 0 radical (unpaired) electrons. The van der Waals surface area contributed by atoms with Crippen LogP contribution in [0, 0.1) is 12.8 Å². The van der Waals surface area contributed by atoms with Crippen LogP contribution in [0.15, 0.2) is 77.7 Å². The van der Waals surface area contributed by atoms with Crippen LogP contribution in [-0.2, 0) is 26.2 Å². The van der Waals surface area contributed by atoms with Crippen LogP contribution < -0.4 is 19.1 Å². The van der Waals surface area contributed by atoms with Gasteiger partial charge in [-0.05, 0) is 67.3 Å². The summed E-state index contributed by atoms with van der Waals surface area (Å²) in [5.74, 6) is 0.147. The number of para-hydroxylation sites is 2. The lowest BCUT2D eigenvalue weighted by Crippen LogP contribution is -2.51. The number of nitrogens with one attached hydrogen (secondary N) is 1. The van der Waals surface area contributed by atoms with Crippen molar-refractivity contribution in [3.63, 3.8) is 0 Å². The highest BCUT2D eigenvalue weighted by atomic mass is 32.2. The summed E-state index contributed by atoms with van der Waals surface area (Å²) in [6.07, 6.45) is 0. The molecule has 1 atom stereocenters. The van der Waals surface area contributed by atoms with Gasteiger partial charge < -0.3 is 19.7 Å². The van der Waals surface area contributed by atoms with Crippen LogP contribution in [0.1, 0.15) is 31.9 Å². The van der Waals surface area contributed by atoms with Gasteiger partial charge in [0.25, 0.3) is 10.0 Å². The first kappa shape index (κ1) is 31.5. The Labute approximate surface area is 243 Å². The monoisotopic (exact) mass is 581 g/mol. The van der Waals surface area contributed by atoms with Crippen LogP contribution in [0.25, 0.3) is 0 Å². The van der Waals surface area contributed by atoms with Gasteiger partial charge in [0.05, 0.1) is 24.8 Å². The molecule has 0 spiro atoms. The Kier molecular flexibility index (Phi) is 10.8. The van der Waals surface area contributed by atoms with Gasteiger partial charge in [0, 0.05) is 13.1 Å². The fraction of sp³-hybridized carbons (Fsp3) is 0.355. The normalized spacial score (nSPS) is 12.0. The molecule has 3 rings (SSSR count). The van der Waals surface area contributed by atoms with Crippen molar-refractivity contribution in [2.24, 2.45) is 5.92 Å². The van der Waals surface area contributed by atoms with Gasteiger partial charge in [-0.1, -0.05) is 50.2 Å². The van der Waals surface area contributed by atoms with E-state index < -0.39 is 28.5 Å². The predicted molar refractivity (Wildman–Crippen MR) is 160 cm³/mol. The molecule has 3 aromatic carbocycles. The molecule has 1 N–H and O–H groups in total. The molecule has 0 aliphatic rings. The van der Waals surface area contributed by atoms with E-state index in [2.05, 4.69) is 5.32 Å². The van der Waals surface area contributed by atoms with Crippen LogP contribution in [0.4, 0.5) is 5.69 Å². The fourth-order valence-corrected chi connectivity index (χ4v) is 5.65. The highest BCUT2D eigenvalue weighted by Crippen LogP contribution is 2.33. The maximum absolute atomic E-state index is 14.1. The van der Waals surface area contributed by atoms with Gasteiger partial charge in [0.1, 0.15) is 24.1 Å². The number of rotatable bonds is 13. The van der Waals surface area contributed by atoms with Crippen LogP contribution in [0.5, 0.6) is 11.5 Å². The lowest BCUT2D eigenvalue weighted by Gasteiger charge is -2.32. The average molecular weight is 582 g/mol. The van der Waals surface area contributed by atoms with Gasteiger partial charge >= 0.3 is 0 Å². The van der Waals surface area contributed by atoms with Crippen molar-refractivity contribution < 1.29 is 27.5 Å². The van der Waals surface area contributed by atoms with Crippen molar-refractivity contribution in [3.05, 3.63) is 83.9 Å². The van der Waals surface area contributed by atoms with Gasteiger partial charge in [-0.25, -0.2) is 8.42 Å². The van der Waals surface area contributed by atoms with E-state index in [0.717, 1.165) is 15.4 Å². The minimum absolute atomic E-state index is 0.0230. The number of hydrogen-bond acceptors (Lipinski definition) is 6. The Hall–Kier alpha value is -4.05. The number of carbonyl (C=O) groups excluding carboxylic acids is 2. The molecule has 0 aliphatic carbocycles. The number of methoxy groups -OCH3 is 2. The number of ether oxygens (including phenoxy) is 2. The zero-order valence-corrected chi connectivity index (χ0v) is 25.3. The molecule has 0 unspecified atom stereocenters. The Morgan fingerprint density at radius 2 is 1.51 bits per heavy atom. The third-order valence-corrected chi connectivity index (χ3v) is 8.51. The molecule has 0 aromatic heterocycles. The quantitative estimate of drug-likeness (QED) is 0.321. The van der Waals surface area contributed by atoms with Crippen molar-refractivity contribution in [2.75, 3.05) is 31.6 Å². The second kappa shape index (κ2) is 14.0. The molecular weight excluding hydrogens is 542 g/mol. The third kappa shape index (κ3) is 7.79. The SMILES string of the molecule is COc1ccc(S(=O)(=O)N(CC(=O)N(Cc2ccccc2C)[C@H](C)C(=O)NCC(C)C)c2ccccc2OC)cc1. The van der Waals surface area contributed by atoms with Crippen LogP contribution in [0.2, 0.25) is 0 Å². The van der Waals surface area contributed by atoms with Crippen LogP contribution in [-0.4, -0.2) is 58.5 Å². The zero-order chi connectivity index (χ0) is 30.2. The lowest BCUT2D eigenvalue weighted by molar-refractivity contribution is -0.139. The fourth-order valence-electron chi connectivity index (χ4n) is 4.23. The average Bonchev–Trinajstić information content (AvgIpc) is 2.97. The number of hydrogen-bond donors (Lipinski definition) is 1. The Morgan fingerprint density at radius 1 is 0.878 bits per heavy atom. The number of benzene rings is 3. The topological polar surface area (TPSA) is 105 Å². The number of carbonyl (C=O) groups is 2. The summed E-state index contributed by atoms with van der Waals surface area (Å²) in [7, 11) is -1.31. The summed E-state index contributed by atoms with van der Waals surface area (Å²) in [5.41, 5.74) is 2.01. The van der Waals surface area contributed by atoms with Crippen molar-refractivity contribution >= 4 is 27.5 Å². The Bertz CT molecular complexity index is 1440. The van der Waals surface area contributed by atoms with E-state index >= 15 is 0 Å². The first-order chi connectivity index (χ1) is 19.5. The molecule has 0 bridgehead atoms. The maximum atomic E-state index is 14.1. The number of sulfonamides is 1. The minimum atomic E-state index is -4.24. The van der Waals surface area contributed by atoms with E-state index in [1.54, 1.807) is 43.3 Å². The van der Waals surface area contributed by atoms with Gasteiger partial charge in [0.2, 0.25) is 11.8 Å². The van der Waals surface area contributed by atoms with Gasteiger partial charge in [-0.2, -0.15) is 0 Å². The third-order valence-electron chi connectivity index (χ3n) is 6.73. The molecule has 0 fully saturated rings. The molecule has 0 aliphatic heterocycles. The first-order valence-corrected chi connectivity index (χ1v) is 14.8. The molecule has 9 nitrogen and oxygen atoms in total. The van der Waals surface area contributed by atoms with E-state index in [-0.39, 0.29) is 34.7 Å². The summed E-state index contributed by atoms with van der Waals surface area (Å²) in [6.45, 7) is 7.57. The van der Waals surface area contributed by atoms with Gasteiger partial charge in [0.15, 0.2) is 0 Å². The van der Waals surface area contributed by atoms with E-state index in [4.69, 9.17) is 9.47 Å². The van der Waals surface area contributed by atoms with E-state index in [0.29, 0.717) is 12.3 Å². The molecule has 0 saturated carbocycles. The van der Waals surface area contributed by atoms with Gasteiger partial charge in [-0.15, -0.1) is 0 Å². The van der Waals surface area contributed by atoms with Crippen molar-refractivity contribution in [1.29, 1.82) is 0 Å². The zero-order valence-electron chi connectivity index (χ0n) is 24.5. The maximum Gasteiger partial charge on any atom is 0.264 e. The Balaban J connectivity index is 2.06. The highest BCUT2D eigenvalue weighted by Gasteiger charge is 2.34. The summed E-state index contributed by atoms with van der Waals surface area (Å²) >= 11 is 0. The Morgan fingerprint density at radius 3 is 2.12 bits per heavy atom. The molecule has 41 heavy (non-hydrogen) atoms. The smallest absolute Gasteiger partial charge is 0.264 e. The molecule has 2 amide bonds. The van der Waals surface area contributed by atoms with Crippen molar-refractivity contribution in [3.8, 4) is 11.5 Å². The highest BCUT2D eigenvalue weighted by molar-refractivity contribution is 7.92. The van der Waals surface area contributed by atoms with E-state index in [1.165, 1.54) is 31.3 Å². The minimum Gasteiger partial charge on any atom is -0.497 e. The second-order valence-electron chi connectivity index (χ2n) is 10.1. The second-order valence-corrected chi connectivity index (χ2v) is 12.0. The van der Waals surface area contributed by atoms with E-state index in [9.17, 15) is 18.0 Å². The van der Waals surface area contributed by atoms with Crippen molar-refractivity contribution in [1.82, 2.24) is 10.2 Å². The molecule has 220 valence electrons. The molecular formula is C31H39N3O6S. The molecule has 0 heterocycles. The molecule has 3 aromatic rings. The predicted octanol–water partition coefficient (Wildman–Crippen LogP) is 4.40. The number of amides is 2. The van der Waals surface area contributed by atoms with Gasteiger partial charge in [-0.3, -0.25) is 13.9 Å². The molecule has 0 saturated heterocycles. The first-order valence-electron chi connectivity index (χ1n) is 13.4. The number of aryl methyl sites for hydroxylation is 1. The van der Waals surface area contributed by atoms with E-state index in [1.807, 2.05) is 45.0 Å². The summed E-state index contributed by atoms with van der Waals surface area (Å²) in [5, 5.41) is 2.89. The summed E-state index contributed by atoms with van der Waals surface area (Å²) < 4.78 is 39.7.